The molecule has 1 aromatic carbocycles. The van der Waals surface area contributed by atoms with Gasteiger partial charge in [-0.1, -0.05) is 13.3 Å². The van der Waals surface area contributed by atoms with Gasteiger partial charge in [-0.2, -0.15) is 0 Å². The van der Waals surface area contributed by atoms with Crippen LogP contribution in [0.3, 0.4) is 0 Å². The summed E-state index contributed by atoms with van der Waals surface area (Å²) in [6.07, 6.45) is 3.34. The maximum absolute atomic E-state index is 12.4. The van der Waals surface area contributed by atoms with Crippen molar-refractivity contribution in [2.24, 2.45) is 0 Å². The summed E-state index contributed by atoms with van der Waals surface area (Å²) in [6, 6.07) is 5.91. The normalized spacial score (nSPS) is 11.6. The molecule has 1 aromatic heterocycles. The van der Waals surface area contributed by atoms with Gasteiger partial charge < -0.3 is 0 Å². The zero-order valence-corrected chi connectivity index (χ0v) is 14.7. The molecular formula is C15H19N3O3S2. The number of thiazole rings is 1. The molecule has 0 saturated carbocycles. The fourth-order valence-corrected chi connectivity index (χ4v) is 3.65. The van der Waals surface area contributed by atoms with Crippen LogP contribution in [0.4, 0.5) is 5.13 Å². The number of carbonyl (C=O) groups excluding carboxylic acids is 1. The number of hydrogen-bond donors (Lipinski definition) is 1. The lowest BCUT2D eigenvalue weighted by molar-refractivity contribution is 0.102. The van der Waals surface area contributed by atoms with Crippen molar-refractivity contribution in [3.05, 3.63) is 41.4 Å². The first-order chi connectivity index (χ1) is 10.9. The highest BCUT2D eigenvalue weighted by Crippen LogP contribution is 2.17. The van der Waals surface area contributed by atoms with Gasteiger partial charge in [0.05, 0.1) is 4.90 Å². The van der Waals surface area contributed by atoms with Gasteiger partial charge in [-0.05, 0) is 30.7 Å². The van der Waals surface area contributed by atoms with Gasteiger partial charge in [-0.15, -0.1) is 11.3 Å². The summed E-state index contributed by atoms with van der Waals surface area (Å²) in [4.78, 5) is 16.2. The Morgan fingerprint density at radius 2 is 2.00 bits per heavy atom. The molecule has 0 atom stereocenters. The second-order valence-corrected chi connectivity index (χ2v) is 7.94. The van der Waals surface area contributed by atoms with E-state index < -0.39 is 10.0 Å². The summed E-state index contributed by atoms with van der Waals surface area (Å²) in [7, 11) is -1.95. The number of anilines is 1. The largest absolute Gasteiger partial charge is 0.298 e. The Morgan fingerprint density at radius 3 is 2.57 bits per heavy atom. The Bertz CT molecular complexity index is 741. The minimum absolute atomic E-state index is 0.182. The highest BCUT2D eigenvalue weighted by atomic mass is 32.2. The molecule has 1 N–H and O–H groups in total. The average Bonchev–Trinajstić information content (AvgIpc) is 3.05. The standard InChI is InChI=1S/C15H19N3O3S2/c1-3-4-10-18(2)23(20,21)13-7-5-12(6-8-13)14(19)17-15-16-9-11-22-15/h5-9,11H,3-4,10H2,1-2H3,(H,16,17,19). The molecule has 0 saturated heterocycles. The zero-order valence-electron chi connectivity index (χ0n) is 13.0. The maximum atomic E-state index is 12.4. The van der Waals surface area contributed by atoms with Crippen LogP contribution in [0.15, 0.2) is 40.7 Å². The second-order valence-electron chi connectivity index (χ2n) is 5.00. The SMILES string of the molecule is CCCCN(C)S(=O)(=O)c1ccc(C(=O)Nc2nccs2)cc1. The number of benzene rings is 1. The van der Waals surface area contributed by atoms with Gasteiger partial charge in [0.2, 0.25) is 10.0 Å². The van der Waals surface area contributed by atoms with Gasteiger partial charge in [0.1, 0.15) is 0 Å². The molecule has 8 heteroatoms. The molecule has 124 valence electrons. The van der Waals surface area contributed by atoms with E-state index in [9.17, 15) is 13.2 Å². The van der Waals surface area contributed by atoms with Crippen LogP contribution in [0.5, 0.6) is 0 Å². The molecule has 0 spiro atoms. The van der Waals surface area contributed by atoms with E-state index in [1.807, 2.05) is 6.92 Å². The third kappa shape index (κ3) is 4.37. The molecule has 0 aliphatic rings. The number of hydrogen-bond acceptors (Lipinski definition) is 5. The zero-order chi connectivity index (χ0) is 16.9. The number of carbonyl (C=O) groups is 1. The van der Waals surface area contributed by atoms with Crippen LogP contribution in [0.25, 0.3) is 0 Å². The fourth-order valence-electron chi connectivity index (χ4n) is 1.91. The highest BCUT2D eigenvalue weighted by molar-refractivity contribution is 7.89. The Labute approximate surface area is 140 Å². The van der Waals surface area contributed by atoms with E-state index in [0.717, 1.165) is 12.8 Å². The van der Waals surface area contributed by atoms with Crippen molar-refractivity contribution in [1.82, 2.24) is 9.29 Å². The van der Waals surface area contributed by atoms with Crippen molar-refractivity contribution < 1.29 is 13.2 Å². The summed E-state index contributed by atoms with van der Waals surface area (Å²) in [5.41, 5.74) is 0.385. The van der Waals surface area contributed by atoms with E-state index in [1.165, 1.54) is 39.9 Å². The summed E-state index contributed by atoms with van der Waals surface area (Å²) >= 11 is 1.32. The molecule has 1 heterocycles. The number of unbranched alkanes of at least 4 members (excludes halogenated alkanes) is 1. The topological polar surface area (TPSA) is 79.4 Å². The van der Waals surface area contributed by atoms with Crippen LogP contribution in [0, 0.1) is 0 Å². The Kier molecular flexibility index (Phi) is 5.86. The predicted molar refractivity (Wildman–Crippen MR) is 91.2 cm³/mol. The monoisotopic (exact) mass is 353 g/mol. The van der Waals surface area contributed by atoms with Gasteiger partial charge in [-0.3, -0.25) is 10.1 Å². The van der Waals surface area contributed by atoms with Crippen LogP contribution in [0.2, 0.25) is 0 Å². The number of rotatable bonds is 7. The van der Waals surface area contributed by atoms with Gasteiger partial charge in [0.25, 0.3) is 5.91 Å². The van der Waals surface area contributed by atoms with Crippen molar-refractivity contribution in [2.75, 3.05) is 18.9 Å². The lowest BCUT2D eigenvalue weighted by Crippen LogP contribution is -2.28. The molecular weight excluding hydrogens is 334 g/mol. The second kappa shape index (κ2) is 7.67. The molecule has 6 nitrogen and oxygen atoms in total. The first kappa shape index (κ1) is 17.6. The molecule has 2 rings (SSSR count). The average molecular weight is 353 g/mol. The van der Waals surface area contributed by atoms with Crippen LogP contribution < -0.4 is 5.32 Å². The molecule has 23 heavy (non-hydrogen) atoms. The molecule has 0 fully saturated rings. The Balaban J connectivity index is 2.11. The van der Waals surface area contributed by atoms with Crippen molar-refractivity contribution in [1.29, 1.82) is 0 Å². The van der Waals surface area contributed by atoms with E-state index in [1.54, 1.807) is 18.6 Å². The lowest BCUT2D eigenvalue weighted by atomic mass is 10.2. The molecule has 0 aliphatic heterocycles. The third-order valence-electron chi connectivity index (χ3n) is 3.30. The van der Waals surface area contributed by atoms with Crippen LogP contribution >= 0.6 is 11.3 Å². The number of nitrogens with zero attached hydrogens (tertiary/aromatic N) is 2. The number of amides is 1. The minimum Gasteiger partial charge on any atom is -0.298 e. The van der Waals surface area contributed by atoms with Crippen molar-refractivity contribution in [3.8, 4) is 0 Å². The van der Waals surface area contributed by atoms with Crippen molar-refractivity contribution >= 4 is 32.4 Å². The molecule has 1 amide bonds. The van der Waals surface area contributed by atoms with Crippen LogP contribution in [-0.4, -0.2) is 37.2 Å². The highest BCUT2D eigenvalue weighted by Gasteiger charge is 2.20. The Hall–Kier alpha value is -1.77. The Morgan fingerprint density at radius 1 is 1.30 bits per heavy atom. The molecule has 0 bridgehead atoms. The van der Waals surface area contributed by atoms with Gasteiger partial charge >= 0.3 is 0 Å². The molecule has 0 radical (unpaired) electrons. The van der Waals surface area contributed by atoms with E-state index >= 15 is 0 Å². The summed E-state index contributed by atoms with van der Waals surface area (Å²) in [6.45, 7) is 2.49. The van der Waals surface area contributed by atoms with Gasteiger partial charge in [0.15, 0.2) is 5.13 Å². The van der Waals surface area contributed by atoms with E-state index in [2.05, 4.69) is 10.3 Å². The first-order valence-electron chi connectivity index (χ1n) is 7.22. The van der Waals surface area contributed by atoms with E-state index in [0.29, 0.717) is 17.2 Å². The summed E-state index contributed by atoms with van der Waals surface area (Å²) in [5, 5.41) is 4.92. The van der Waals surface area contributed by atoms with Crippen molar-refractivity contribution in [3.63, 3.8) is 0 Å². The number of aromatic nitrogens is 1. The number of nitrogens with one attached hydrogen (secondary N) is 1. The molecule has 2 aromatic rings. The fraction of sp³-hybridized carbons (Fsp3) is 0.333. The summed E-state index contributed by atoms with van der Waals surface area (Å²) < 4.78 is 26.1. The smallest absolute Gasteiger partial charge is 0.257 e. The van der Waals surface area contributed by atoms with E-state index in [4.69, 9.17) is 0 Å². The lowest BCUT2D eigenvalue weighted by Gasteiger charge is -2.16. The van der Waals surface area contributed by atoms with Crippen LogP contribution in [0.1, 0.15) is 30.1 Å². The molecule has 0 unspecified atom stereocenters. The first-order valence-corrected chi connectivity index (χ1v) is 9.54. The number of sulfonamides is 1. The molecule has 0 aliphatic carbocycles. The quantitative estimate of drug-likeness (QED) is 0.830. The van der Waals surface area contributed by atoms with Gasteiger partial charge in [0, 0.05) is 30.7 Å². The van der Waals surface area contributed by atoms with Crippen molar-refractivity contribution in [2.45, 2.75) is 24.7 Å². The van der Waals surface area contributed by atoms with E-state index in [-0.39, 0.29) is 10.8 Å². The maximum Gasteiger partial charge on any atom is 0.257 e. The van der Waals surface area contributed by atoms with Crippen LogP contribution in [-0.2, 0) is 10.0 Å². The van der Waals surface area contributed by atoms with Gasteiger partial charge in [-0.25, -0.2) is 17.7 Å². The summed E-state index contributed by atoms with van der Waals surface area (Å²) in [5.74, 6) is -0.316. The minimum atomic E-state index is -3.51. The predicted octanol–water partition coefficient (Wildman–Crippen LogP) is 2.82. The third-order valence-corrected chi connectivity index (χ3v) is 5.86.